The molecule has 0 bridgehead atoms. The molecule has 22 heavy (non-hydrogen) atoms. The Balaban J connectivity index is 2.13. The van der Waals surface area contributed by atoms with Gasteiger partial charge in [-0.1, -0.05) is 30.3 Å². The molecule has 1 heterocycles. The van der Waals surface area contributed by atoms with Crippen LogP contribution in [0.2, 0.25) is 0 Å². The van der Waals surface area contributed by atoms with Gasteiger partial charge in [-0.2, -0.15) is 0 Å². The standard InChI is InChI=1S/C17H17NO4/c1-2-21-17(20)15(19)11-14-16(9-6-10-18-14)22-12-13-7-4-3-5-8-13/h3-11,19H,2,12H2,1H3/b15-11-. The Labute approximate surface area is 128 Å². The van der Waals surface area contributed by atoms with Gasteiger partial charge in [0.05, 0.1) is 6.61 Å². The van der Waals surface area contributed by atoms with Crippen LogP contribution in [0.4, 0.5) is 0 Å². The number of nitrogens with zero attached hydrogens (tertiary/aromatic N) is 1. The fourth-order valence-corrected chi connectivity index (χ4v) is 1.76. The van der Waals surface area contributed by atoms with Gasteiger partial charge >= 0.3 is 5.97 Å². The van der Waals surface area contributed by atoms with Crippen molar-refractivity contribution in [1.29, 1.82) is 0 Å². The normalized spacial score (nSPS) is 11.0. The van der Waals surface area contributed by atoms with Crippen molar-refractivity contribution in [3.8, 4) is 5.75 Å². The lowest BCUT2D eigenvalue weighted by Crippen LogP contribution is -2.07. The van der Waals surface area contributed by atoms with Crippen molar-refractivity contribution in [2.24, 2.45) is 0 Å². The highest BCUT2D eigenvalue weighted by molar-refractivity contribution is 5.91. The third-order valence-corrected chi connectivity index (χ3v) is 2.79. The largest absolute Gasteiger partial charge is 0.502 e. The van der Waals surface area contributed by atoms with Crippen LogP contribution >= 0.6 is 0 Å². The second-order valence-electron chi connectivity index (χ2n) is 4.41. The summed E-state index contributed by atoms with van der Waals surface area (Å²) in [4.78, 5) is 15.5. The molecule has 0 saturated heterocycles. The van der Waals surface area contributed by atoms with E-state index in [0.717, 1.165) is 5.56 Å². The minimum absolute atomic E-state index is 0.191. The summed E-state index contributed by atoms with van der Waals surface area (Å²) in [7, 11) is 0. The lowest BCUT2D eigenvalue weighted by Gasteiger charge is -2.09. The zero-order valence-electron chi connectivity index (χ0n) is 12.2. The fourth-order valence-electron chi connectivity index (χ4n) is 1.76. The second kappa shape index (κ2) is 7.83. The number of hydrogen-bond donors (Lipinski definition) is 1. The van der Waals surface area contributed by atoms with Gasteiger partial charge in [0.2, 0.25) is 5.76 Å². The summed E-state index contributed by atoms with van der Waals surface area (Å²) in [5.74, 6) is -0.825. The van der Waals surface area contributed by atoms with Crippen molar-refractivity contribution < 1.29 is 19.4 Å². The number of pyridine rings is 1. The molecule has 1 aromatic carbocycles. The smallest absolute Gasteiger partial charge is 0.373 e. The van der Waals surface area contributed by atoms with E-state index in [0.29, 0.717) is 18.1 Å². The van der Waals surface area contributed by atoms with Gasteiger partial charge in [0, 0.05) is 12.3 Å². The quantitative estimate of drug-likeness (QED) is 0.504. The predicted molar refractivity (Wildman–Crippen MR) is 82.2 cm³/mol. The maximum Gasteiger partial charge on any atom is 0.373 e. The number of esters is 1. The molecule has 0 unspecified atom stereocenters. The number of hydrogen-bond acceptors (Lipinski definition) is 5. The first-order valence-electron chi connectivity index (χ1n) is 6.90. The number of rotatable bonds is 6. The molecule has 0 radical (unpaired) electrons. The zero-order valence-corrected chi connectivity index (χ0v) is 12.2. The van der Waals surface area contributed by atoms with Gasteiger partial charge in [-0.15, -0.1) is 0 Å². The van der Waals surface area contributed by atoms with Crippen molar-refractivity contribution in [2.75, 3.05) is 6.61 Å². The van der Waals surface area contributed by atoms with Crippen LogP contribution in [0, 0.1) is 0 Å². The lowest BCUT2D eigenvalue weighted by atomic mass is 10.2. The minimum Gasteiger partial charge on any atom is -0.502 e. The van der Waals surface area contributed by atoms with E-state index in [1.54, 1.807) is 25.3 Å². The van der Waals surface area contributed by atoms with Crippen LogP contribution in [-0.4, -0.2) is 22.7 Å². The number of carbonyl (C=O) groups is 1. The van der Waals surface area contributed by atoms with E-state index >= 15 is 0 Å². The van der Waals surface area contributed by atoms with Crippen LogP contribution in [0.15, 0.2) is 54.4 Å². The van der Waals surface area contributed by atoms with Crippen LogP contribution in [0.3, 0.4) is 0 Å². The highest BCUT2D eigenvalue weighted by Gasteiger charge is 2.11. The van der Waals surface area contributed by atoms with E-state index in [-0.39, 0.29) is 6.61 Å². The highest BCUT2D eigenvalue weighted by atomic mass is 16.5. The number of carbonyl (C=O) groups excluding carboxylic acids is 1. The lowest BCUT2D eigenvalue weighted by molar-refractivity contribution is -0.141. The Hall–Kier alpha value is -2.82. The summed E-state index contributed by atoms with van der Waals surface area (Å²) < 4.78 is 10.4. The van der Waals surface area contributed by atoms with E-state index in [9.17, 15) is 9.90 Å². The van der Waals surface area contributed by atoms with Gasteiger partial charge in [0.1, 0.15) is 18.1 Å². The summed E-state index contributed by atoms with van der Waals surface area (Å²) in [6, 6.07) is 13.1. The monoisotopic (exact) mass is 299 g/mol. The van der Waals surface area contributed by atoms with Crippen LogP contribution in [0.5, 0.6) is 5.75 Å². The van der Waals surface area contributed by atoms with E-state index in [1.165, 1.54) is 6.08 Å². The molecule has 0 aliphatic carbocycles. The third kappa shape index (κ3) is 4.34. The molecule has 0 aliphatic heterocycles. The molecule has 0 aliphatic rings. The Morgan fingerprint density at radius 3 is 2.73 bits per heavy atom. The van der Waals surface area contributed by atoms with Gasteiger partial charge in [0.25, 0.3) is 0 Å². The van der Waals surface area contributed by atoms with Gasteiger partial charge in [-0.25, -0.2) is 4.79 Å². The van der Waals surface area contributed by atoms with E-state index in [4.69, 9.17) is 9.47 Å². The van der Waals surface area contributed by atoms with Crippen molar-refractivity contribution >= 4 is 12.0 Å². The zero-order chi connectivity index (χ0) is 15.8. The molecule has 114 valence electrons. The first-order valence-corrected chi connectivity index (χ1v) is 6.90. The summed E-state index contributed by atoms with van der Waals surface area (Å²) in [6.07, 6.45) is 2.79. The van der Waals surface area contributed by atoms with Gasteiger partial charge in [-0.05, 0) is 24.6 Å². The molecule has 5 heteroatoms. The minimum atomic E-state index is -0.790. The van der Waals surface area contributed by atoms with E-state index < -0.39 is 11.7 Å². The topological polar surface area (TPSA) is 68.7 Å². The summed E-state index contributed by atoms with van der Waals surface area (Å²) >= 11 is 0. The van der Waals surface area contributed by atoms with E-state index in [1.807, 2.05) is 30.3 Å². The van der Waals surface area contributed by atoms with Crippen molar-refractivity contribution in [1.82, 2.24) is 4.98 Å². The third-order valence-electron chi connectivity index (χ3n) is 2.79. The van der Waals surface area contributed by atoms with Crippen molar-refractivity contribution in [2.45, 2.75) is 13.5 Å². The van der Waals surface area contributed by atoms with Crippen LogP contribution < -0.4 is 4.74 Å². The molecule has 5 nitrogen and oxygen atoms in total. The van der Waals surface area contributed by atoms with Crippen LogP contribution in [0.1, 0.15) is 18.2 Å². The summed E-state index contributed by atoms with van der Waals surface area (Å²) in [5, 5.41) is 9.70. The molecule has 0 fully saturated rings. The number of benzene rings is 1. The number of aromatic nitrogens is 1. The van der Waals surface area contributed by atoms with Crippen molar-refractivity contribution in [3.05, 3.63) is 65.7 Å². The molecule has 1 N–H and O–H groups in total. The Kier molecular flexibility index (Phi) is 5.54. The SMILES string of the molecule is CCOC(=O)/C(O)=C/c1ncccc1OCc1ccccc1. The highest BCUT2D eigenvalue weighted by Crippen LogP contribution is 2.19. The Morgan fingerprint density at radius 1 is 1.23 bits per heavy atom. The average Bonchev–Trinajstić information content (AvgIpc) is 2.55. The van der Waals surface area contributed by atoms with Crippen LogP contribution in [-0.2, 0) is 16.1 Å². The predicted octanol–water partition coefficient (Wildman–Crippen LogP) is 3.12. The molecule has 0 spiro atoms. The fraction of sp³-hybridized carbons (Fsp3) is 0.176. The molecular weight excluding hydrogens is 282 g/mol. The average molecular weight is 299 g/mol. The number of ether oxygens (including phenoxy) is 2. The number of aliphatic hydroxyl groups excluding tert-OH is 1. The molecule has 0 saturated carbocycles. The molecule has 2 rings (SSSR count). The van der Waals surface area contributed by atoms with Gasteiger partial charge < -0.3 is 14.6 Å². The Bertz CT molecular complexity index is 653. The first-order chi connectivity index (χ1) is 10.7. The summed E-state index contributed by atoms with van der Waals surface area (Å²) in [6.45, 7) is 2.23. The molecule has 2 aromatic rings. The van der Waals surface area contributed by atoms with Gasteiger partial charge in [0.15, 0.2) is 0 Å². The van der Waals surface area contributed by atoms with Gasteiger partial charge in [-0.3, -0.25) is 4.98 Å². The maximum atomic E-state index is 11.4. The Morgan fingerprint density at radius 2 is 2.00 bits per heavy atom. The number of aliphatic hydroxyl groups is 1. The summed E-state index contributed by atoms with van der Waals surface area (Å²) in [5.41, 5.74) is 1.37. The maximum absolute atomic E-state index is 11.4. The first kappa shape index (κ1) is 15.6. The second-order valence-corrected chi connectivity index (χ2v) is 4.41. The van der Waals surface area contributed by atoms with E-state index in [2.05, 4.69) is 4.98 Å². The van der Waals surface area contributed by atoms with Crippen molar-refractivity contribution in [3.63, 3.8) is 0 Å². The van der Waals surface area contributed by atoms with Crippen LogP contribution in [0.25, 0.3) is 6.08 Å². The molecule has 1 aromatic heterocycles. The molecule has 0 atom stereocenters. The molecule has 0 amide bonds. The molecular formula is C17H17NO4.